The van der Waals surface area contributed by atoms with E-state index in [-0.39, 0.29) is 12.1 Å². The average Bonchev–Trinajstić information content (AvgIpc) is 3.59. The molecule has 5 rings (SSSR count). The first-order valence-corrected chi connectivity index (χ1v) is 12.7. The maximum atomic E-state index is 17.0. The minimum absolute atomic E-state index is 0.226. The van der Waals surface area contributed by atoms with Crippen molar-refractivity contribution in [2.75, 3.05) is 0 Å². The van der Waals surface area contributed by atoms with E-state index >= 15 is 17.6 Å². The Morgan fingerprint density at radius 1 is 0.417 bits per heavy atom. The lowest BCUT2D eigenvalue weighted by atomic mass is 9.88. The first-order chi connectivity index (χ1) is 23.0. The molecule has 0 amide bonds. The number of allylic oxidation sites excluding steroid dienone is 8. The van der Waals surface area contributed by atoms with Crippen LogP contribution in [0.2, 0.25) is 0 Å². The fraction of sp³-hybridized carbons (Fsp3) is 0. The highest BCUT2D eigenvalue weighted by atomic mass is 19.2. The highest BCUT2D eigenvalue weighted by Crippen LogP contribution is 2.57. The Morgan fingerprint density at radius 3 is 1.02 bits per heavy atom. The number of hydrogen-bond donors (Lipinski definition) is 0. The molecule has 2 aliphatic carbocycles. The van der Waals surface area contributed by atoms with Gasteiger partial charge in [0.15, 0.2) is 0 Å². The van der Waals surface area contributed by atoms with E-state index < -0.39 is 124 Å². The molecule has 0 aromatic heterocycles. The largest absolute Gasteiger partial charge is 0.206 e. The van der Waals surface area contributed by atoms with Crippen molar-refractivity contribution in [2.24, 2.45) is 0 Å². The molecule has 0 bridgehead atoms. The van der Waals surface area contributed by atoms with Crippen LogP contribution in [0, 0.1) is 126 Å². The Balaban J connectivity index is 2.07. The molecule has 0 atom stereocenters. The van der Waals surface area contributed by atoms with Gasteiger partial charge < -0.3 is 0 Å². The third-order valence-corrected chi connectivity index (χ3v) is 7.44. The van der Waals surface area contributed by atoms with Crippen molar-refractivity contribution in [3.05, 3.63) is 115 Å². The van der Waals surface area contributed by atoms with Crippen molar-refractivity contribution < 1.29 is 26.3 Å². The second-order valence-electron chi connectivity index (χ2n) is 9.65. The third-order valence-electron chi connectivity index (χ3n) is 7.44. The van der Waals surface area contributed by atoms with Crippen molar-refractivity contribution in [1.82, 2.24) is 0 Å². The van der Waals surface area contributed by atoms with Crippen LogP contribution < -0.4 is 0 Å². The molecule has 0 saturated carbocycles. The van der Waals surface area contributed by atoms with Gasteiger partial charge in [-0.2, -0.15) is 42.1 Å². The van der Waals surface area contributed by atoms with Gasteiger partial charge in [-0.1, -0.05) is 0 Å². The van der Waals surface area contributed by atoms with E-state index in [1.165, 1.54) is 48.6 Å². The van der Waals surface area contributed by atoms with Crippen LogP contribution in [0.5, 0.6) is 0 Å². The summed E-state index contributed by atoms with van der Waals surface area (Å²) in [6.45, 7) is 0. The van der Waals surface area contributed by atoms with Crippen LogP contribution in [0.1, 0.15) is 44.5 Å². The predicted molar refractivity (Wildman–Crippen MR) is 150 cm³/mol. The molecule has 0 heterocycles. The molecule has 222 valence electrons. The Kier molecular flexibility index (Phi) is 7.60. The number of benzene rings is 3. The van der Waals surface area contributed by atoms with Gasteiger partial charge in [-0.3, -0.25) is 0 Å². The standard InChI is InChI=1S/C34H4F6N8/c35-21-3-23(37)17(1-13(21)5-41)27-19(11-47)29-31(25(27)15(7-43)8-44)34(40)30-20(12-48)28(18-2-14(6-42)22(36)4-24(18)38)26(16(9-45)10-46)32(30)33(29)39/h1-4H. The van der Waals surface area contributed by atoms with Crippen LogP contribution in [0.4, 0.5) is 26.3 Å². The van der Waals surface area contributed by atoms with E-state index in [2.05, 4.69) is 0 Å². The van der Waals surface area contributed by atoms with Crippen LogP contribution in [0.25, 0.3) is 33.4 Å². The smallest absolute Gasteiger partial charge is 0.143 e. The molecule has 0 radical (unpaired) electrons. The minimum atomic E-state index is -1.66. The van der Waals surface area contributed by atoms with E-state index in [1.807, 2.05) is 0 Å². The lowest BCUT2D eigenvalue weighted by Crippen LogP contribution is -2.05. The fourth-order valence-electron chi connectivity index (χ4n) is 5.57. The number of nitriles is 8. The predicted octanol–water partition coefficient (Wildman–Crippen LogP) is 6.76. The van der Waals surface area contributed by atoms with Crippen molar-refractivity contribution in [1.29, 1.82) is 42.1 Å². The van der Waals surface area contributed by atoms with Crippen LogP contribution >= 0.6 is 0 Å². The molecule has 0 N–H and O–H groups in total. The molecule has 0 fully saturated rings. The second kappa shape index (κ2) is 11.6. The van der Waals surface area contributed by atoms with Gasteiger partial charge in [0.05, 0.1) is 22.3 Å². The van der Waals surface area contributed by atoms with Crippen LogP contribution in [0.3, 0.4) is 0 Å². The van der Waals surface area contributed by atoms with Gasteiger partial charge in [-0.25, -0.2) is 26.3 Å². The molecule has 0 unspecified atom stereocenters. The fourth-order valence-corrected chi connectivity index (χ4v) is 5.57. The zero-order valence-corrected chi connectivity index (χ0v) is 23.2. The third kappa shape index (κ3) is 4.18. The van der Waals surface area contributed by atoms with Gasteiger partial charge in [0.25, 0.3) is 0 Å². The van der Waals surface area contributed by atoms with Crippen molar-refractivity contribution in [3.8, 4) is 48.6 Å². The molecule has 3 aromatic rings. The molecule has 8 nitrogen and oxygen atoms in total. The molecule has 0 spiro atoms. The lowest BCUT2D eigenvalue weighted by molar-refractivity contribution is 0.578. The van der Waals surface area contributed by atoms with Gasteiger partial charge >= 0.3 is 0 Å². The first-order valence-electron chi connectivity index (χ1n) is 12.7. The maximum Gasteiger partial charge on any atom is 0.143 e. The molecular formula is C34H4F6N8. The number of fused-ring (bicyclic) bond motifs is 2. The first kappa shape index (κ1) is 31.5. The van der Waals surface area contributed by atoms with E-state index in [4.69, 9.17) is 0 Å². The highest BCUT2D eigenvalue weighted by molar-refractivity contribution is 6.30. The molecule has 48 heavy (non-hydrogen) atoms. The van der Waals surface area contributed by atoms with Crippen molar-refractivity contribution >= 4 is 33.4 Å². The lowest BCUT2D eigenvalue weighted by Gasteiger charge is -2.14. The van der Waals surface area contributed by atoms with Crippen molar-refractivity contribution in [2.45, 2.75) is 0 Å². The molecule has 0 saturated heterocycles. The Morgan fingerprint density at radius 2 is 0.750 bits per heavy atom. The summed E-state index contributed by atoms with van der Waals surface area (Å²) < 4.78 is 93.0. The van der Waals surface area contributed by atoms with E-state index in [1.54, 1.807) is 0 Å². The van der Waals surface area contributed by atoms with Gasteiger partial charge in [0, 0.05) is 67.8 Å². The molecule has 2 aliphatic rings. The molecule has 14 heteroatoms. The highest BCUT2D eigenvalue weighted by Gasteiger charge is 2.45. The summed E-state index contributed by atoms with van der Waals surface area (Å²) in [6.07, 6.45) is 0. The van der Waals surface area contributed by atoms with Crippen LogP contribution in [-0.4, -0.2) is 0 Å². The minimum Gasteiger partial charge on any atom is -0.206 e. The Bertz CT molecular complexity index is 2390. The van der Waals surface area contributed by atoms with Crippen LogP contribution in [-0.2, 0) is 0 Å². The molecular weight excluding hydrogens is 634 g/mol. The van der Waals surface area contributed by atoms with Crippen molar-refractivity contribution in [3.63, 3.8) is 0 Å². The van der Waals surface area contributed by atoms with E-state index in [9.17, 15) is 50.9 Å². The average molecular weight is 638 g/mol. The van der Waals surface area contributed by atoms with Gasteiger partial charge in [-0.05, 0) is 12.1 Å². The van der Waals surface area contributed by atoms with Gasteiger partial charge in [-0.15, -0.1) is 0 Å². The zero-order valence-electron chi connectivity index (χ0n) is 23.2. The second-order valence-corrected chi connectivity index (χ2v) is 9.65. The number of halogens is 6. The SMILES string of the molecule is N#CC(C#N)=C1C(c2cc(C#N)c(F)cc2F)=C(C#N)c2c(F)c3c(c(F)c21)C(C#N)=C(c1cc(C#N)c(F)cc1F)C3=C(C#N)C#N. The quantitative estimate of drug-likeness (QED) is 0.217. The summed E-state index contributed by atoms with van der Waals surface area (Å²) in [5.74, 6) is -8.97. The Hall–Kier alpha value is -7.88. The van der Waals surface area contributed by atoms with Crippen LogP contribution in [0.15, 0.2) is 35.4 Å². The molecule has 3 aromatic carbocycles. The monoisotopic (exact) mass is 638 g/mol. The van der Waals surface area contributed by atoms with E-state index in [0.29, 0.717) is 12.1 Å². The summed E-state index contributed by atoms with van der Waals surface area (Å²) in [5, 5.41) is 78.1. The zero-order chi connectivity index (χ0) is 35.2. The Labute approximate surface area is 265 Å². The summed E-state index contributed by atoms with van der Waals surface area (Å²) >= 11 is 0. The summed E-state index contributed by atoms with van der Waals surface area (Å²) in [6, 6.07) is 13.2. The summed E-state index contributed by atoms with van der Waals surface area (Å²) in [5.41, 5.74) is -14.7. The summed E-state index contributed by atoms with van der Waals surface area (Å²) in [4.78, 5) is 0. The number of rotatable bonds is 2. The summed E-state index contributed by atoms with van der Waals surface area (Å²) in [7, 11) is 0. The maximum absolute atomic E-state index is 17.0. The van der Waals surface area contributed by atoms with Gasteiger partial charge in [0.1, 0.15) is 94.6 Å². The normalized spacial score (nSPS) is 12.4. The molecule has 0 aliphatic heterocycles. The topological polar surface area (TPSA) is 190 Å². The number of hydrogen-bond acceptors (Lipinski definition) is 8. The number of nitrogens with zero attached hydrogens (tertiary/aromatic N) is 8. The van der Waals surface area contributed by atoms with E-state index in [0.717, 1.165) is 0 Å². The van der Waals surface area contributed by atoms with Gasteiger partial charge in [0.2, 0.25) is 0 Å².